The maximum absolute atomic E-state index is 11.5. The van der Waals surface area contributed by atoms with Gasteiger partial charge in [-0.05, 0) is 74.8 Å². The van der Waals surface area contributed by atoms with Crippen LogP contribution in [-0.4, -0.2) is 77.2 Å². The topological polar surface area (TPSA) is 107 Å². The van der Waals surface area contributed by atoms with Crippen LogP contribution in [0.4, 0.5) is 0 Å². The van der Waals surface area contributed by atoms with Gasteiger partial charge in [0.1, 0.15) is 5.75 Å². The van der Waals surface area contributed by atoms with Crippen LogP contribution in [0.2, 0.25) is 0 Å². The Morgan fingerprint density at radius 2 is 1.63 bits per heavy atom. The van der Waals surface area contributed by atoms with Gasteiger partial charge < -0.3 is 19.8 Å². The number of hydrogen-bond donors (Lipinski definition) is 2. The minimum absolute atomic E-state index is 0.162. The lowest BCUT2D eigenvalue weighted by molar-refractivity contribution is -0.137. The molecule has 8 heteroatoms. The Kier molecular flexibility index (Phi) is 13.4. The van der Waals surface area contributed by atoms with E-state index in [1.807, 2.05) is 41.3 Å². The standard InChI is InChI=1S/C33H44N2O6/c1-26(36)35-22-20-34(21-23-35)19-7-2-8-24-41-31-11-5-4-10-29(31)16-13-27(9-3-6-12-32(37)38)25-28-14-17-30(18-15-28)33(39)40/h4-5,10-11,13-18,27H,2-3,6-9,12,19-25H2,1H3,(H,37,38)(H,39,40)/b16-13+. The maximum atomic E-state index is 11.5. The van der Waals surface area contributed by atoms with Crippen molar-refractivity contribution in [2.45, 2.75) is 58.3 Å². The van der Waals surface area contributed by atoms with Gasteiger partial charge >= 0.3 is 11.9 Å². The minimum atomic E-state index is -0.942. The lowest BCUT2D eigenvalue weighted by Crippen LogP contribution is -2.48. The zero-order chi connectivity index (χ0) is 29.5. The average Bonchev–Trinajstić information content (AvgIpc) is 2.96. The molecule has 1 heterocycles. The predicted octanol–water partition coefficient (Wildman–Crippen LogP) is 5.62. The summed E-state index contributed by atoms with van der Waals surface area (Å²) in [5, 5.41) is 18.2. The van der Waals surface area contributed by atoms with Crippen LogP contribution < -0.4 is 4.74 Å². The summed E-state index contributed by atoms with van der Waals surface area (Å²) in [6.07, 6.45) is 10.6. The quantitative estimate of drug-likeness (QED) is 0.240. The molecule has 0 bridgehead atoms. The average molecular weight is 565 g/mol. The number of unbranched alkanes of at least 4 members (excludes halogenated alkanes) is 3. The Labute approximate surface area is 243 Å². The van der Waals surface area contributed by atoms with E-state index in [0.717, 1.165) is 88.1 Å². The fourth-order valence-corrected chi connectivity index (χ4v) is 5.11. The van der Waals surface area contributed by atoms with Crippen molar-refractivity contribution in [3.63, 3.8) is 0 Å². The van der Waals surface area contributed by atoms with Crippen LogP contribution in [0.15, 0.2) is 54.6 Å². The van der Waals surface area contributed by atoms with Crippen LogP contribution in [0, 0.1) is 5.92 Å². The molecule has 2 N–H and O–H groups in total. The van der Waals surface area contributed by atoms with Crippen molar-refractivity contribution in [1.29, 1.82) is 0 Å². The summed E-state index contributed by atoms with van der Waals surface area (Å²) in [5.74, 6) is -0.526. The van der Waals surface area contributed by atoms with Gasteiger partial charge in [0.25, 0.3) is 0 Å². The third-order valence-electron chi connectivity index (χ3n) is 7.58. The molecule has 0 aromatic heterocycles. The number of carboxylic acid groups (broad SMARTS) is 2. The molecule has 2 aromatic rings. The number of allylic oxidation sites excluding steroid dienone is 1. The van der Waals surface area contributed by atoms with Crippen LogP contribution in [0.5, 0.6) is 5.75 Å². The second kappa shape index (κ2) is 17.2. The molecule has 2 aromatic carbocycles. The van der Waals surface area contributed by atoms with Crippen molar-refractivity contribution < 1.29 is 29.3 Å². The molecule has 1 fully saturated rings. The largest absolute Gasteiger partial charge is 0.493 e. The summed E-state index contributed by atoms with van der Waals surface area (Å²) in [6, 6.07) is 14.9. The molecular weight excluding hydrogens is 520 g/mol. The Morgan fingerprint density at radius 3 is 2.32 bits per heavy atom. The van der Waals surface area contributed by atoms with Gasteiger partial charge in [-0.1, -0.05) is 48.9 Å². The van der Waals surface area contributed by atoms with Crippen molar-refractivity contribution in [1.82, 2.24) is 9.80 Å². The molecule has 41 heavy (non-hydrogen) atoms. The van der Waals surface area contributed by atoms with Crippen molar-refractivity contribution in [2.75, 3.05) is 39.3 Å². The molecule has 0 saturated carbocycles. The highest BCUT2D eigenvalue weighted by atomic mass is 16.5. The normalized spacial score (nSPS) is 14.7. The first-order valence-electron chi connectivity index (χ1n) is 14.7. The van der Waals surface area contributed by atoms with Crippen molar-refractivity contribution >= 4 is 23.9 Å². The second-order valence-corrected chi connectivity index (χ2v) is 10.8. The van der Waals surface area contributed by atoms with E-state index in [-0.39, 0.29) is 23.8 Å². The molecule has 0 aliphatic carbocycles. The van der Waals surface area contributed by atoms with Gasteiger partial charge in [0.2, 0.25) is 5.91 Å². The number of carbonyl (C=O) groups is 3. The highest BCUT2D eigenvalue weighted by Crippen LogP contribution is 2.24. The molecule has 222 valence electrons. The molecule has 3 rings (SSSR count). The second-order valence-electron chi connectivity index (χ2n) is 10.8. The monoisotopic (exact) mass is 564 g/mol. The summed E-state index contributed by atoms with van der Waals surface area (Å²) < 4.78 is 6.15. The molecule has 1 saturated heterocycles. The molecule has 1 unspecified atom stereocenters. The van der Waals surface area contributed by atoms with E-state index in [2.05, 4.69) is 17.1 Å². The molecule has 0 spiro atoms. The summed E-state index contributed by atoms with van der Waals surface area (Å²) in [7, 11) is 0. The lowest BCUT2D eigenvalue weighted by atomic mass is 9.92. The van der Waals surface area contributed by atoms with Gasteiger partial charge in [-0.3, -0.25) is 14.5 Å². The third-order valence-corrected chi connectivity index (χ3v) is 7.58. The van der Waals surface area contributed by atoms with Gasteiger partial charge in [-0.2, -0.15) is 0 Å². The number of carboxylic acids is 2. The number of amides is 1. The number of hydrogen-bond acceptors (Lipinski definition) is 5. The predicted molar refractivity (Wildman–Crippen MR) is 160 cm³/mol. The highest BCUT2D eigenvalue weighted by Gasteiger charge is 2.17. The zero-order valence-corrected chi connectivity index (χ0v) is 24.2. The minimum Gasteiger partial charge on any atom is -0.493 e. The van der Waals surface area contributed by atoms with Crippen molar-refractivity contribution in [3.8, 4) is 5.75 Å². The lowest BCUT2D eigenvalue weighted by Gasteiger charge is -2.34. The first-order valence-corrected chi connectivity index (χ1v) is 14.7. The number of piperazine rings is 1. The molecule has 0 radical (unpaired) electrons. The van der Waals surface area contributed by atoms with Gasteiger partial charge in [0.15, 0.2) is 0 Å². The Hall–Kier alpha value is -3.65. The van der Waals surface area contributed by atoms with Gasteiger partial charge in [-0.15, -0.1) is 0 Å². The number of para-hydroxylation sites is 1. The summed E-state index contributed by atoms with van der Waals surface area (Å²) >= 11 is 0. The van der Waals surface area contributed by atoms with E-state index in [1.54, 1.807) is 19.1 Å². The number of rotatable bonds is 17. The van der Waals surface area contributed by atoms with Crippen LogP contribution in [0.25, 0.3) is 6.08 Å². The van der Waals surface area contributed by atoms with E-state index >= 15 is 0 Å². The Bertz CT molecular complexity index is 1140. The van der Waals surface area contributed by atoms with Gasteiger partial charge in [0.05, 0.1) is 12.2 Å². The third kappa shape index (κ3) is 11.8. The molecule has 1 aliphatic rings. The zero-order valence-electron chi connectivity index (χ0n) is 24.2. The molecule has 8 nitrogen and oxygen atoms in total. The number of aromatic carboxylic acids is 1. The molecular formula is C33H44N2O6. The number of ether oxygens (including phenoxy) is 1. The summed E-state index contributed by atoms with van der Waals surface area (Å²) in [6.45, 7) is 6.88. The van der Waals surface area contributed by atoms with E-state index in [0.29, 0.717) is 13.0 Å². The van der Waals surface area contributed by atoms with Gasteiger partial charge in [0, 0.05) is 45.1 Å². The van der Waals surface area contributed by atoms with E-state index in [9.17, 15) is 19.5 Å². The van der Waals surface area contributed by atoms with Crippen molar-refractivity contribution in [2.24, 2.45) is 5.92 Å². The number of aliphatic carboxylic acids is 1. The van der Waals surface area contributed by atoms with Crippen molar-refractivity contribution in [3.05, 3.63) is 71.3 Å². The van der Waals surface area contributed by atoms with E-state index in [4.69, 9.17) is 9.84 Å². The summed E-state index contributed by atoms with van der Waals surface area (Å²) in [4.78, 5) is 37.9. The maximum Gasteiger partial charge on any atom is 0.335 e. The Balaban J connectivity index is 1.49. The SMILES string of the molecule is CC(=O)N1CCN(CCCCCOc2ccccc2/C=C/C(CCCCC(=O)O)Cc2ccc(C(=O)O)cc2)CC1. The van der Waals surface area contributed by atoms with E-state index < -0.39 is 11.9 Å². The van der Waals surface area contributed by atoms with Gasteiger partial charge in [-0.25, -0.2) is 4.79 Å². The number of nitrogens with zero attached hydrogens (tertiary/aromatic N) is 2. The van der Waals surface area contributed by atoms with Crippen LogP contribution in [0.3, 0.4) is 0 Å². The highest BCUT2D eigenvalue weighted by molar-refractivity contribution is 5.87. The fraction of sp³-hybridized carbons (Fsp3) is 0.485. The first-order chi connectivity index (χ1) is 19.8. The first kappa shape index (κ1) is 31.9. The molecule has 1 amide bonds. The van der Waals surface area contributed by atoms with Crippen LogP contribution >= 0.6 is 0 Å². The molecule has 1 atom stereocenters. The van der Waals surface area contributed by atoms with Crippen LogP contribution in [-0.2, 0) is 16.0 Å². The Morgan fingerprint density at radius 1 is 0.902 bits per heavy atom. The van der Waals surface area contributed by atoms with E-state index in [1.165, 1.54) is 0 Å². The summed E-state index contributed by atoms with van der Waals surface area (Å²) in [5.41, 5.74) is 2.32. The molecule has 1 aliphatic heterocycles. The van der Waals surface area contributed by atoms with Crippen LogP contribution in [0.1, 0.15) is 73.4 Å². The number of benzene rings is 2. The fourth-order valence-electron chi connectivity index (χ4n) is 5.11. The smallest absolute Gasteiger partial charge is 0.335 e. The number of carbonyl (C=O) groups excluding carboxylic acids is 1.